The SMILES string of the molecule is Fc1ccccc1CCNc1ccc2ncc(-c3ccncc3)n2n1. The molecule has 3 aromatic heterocycles. The van der Waals surface area contributed by atoms with Gasteiger partial charge in [0, 0.05) is 24.5 Å². The van der Waals surface area contributed by atoms with Crippen molar-refractivity contribution in [3.05, 3.63) is 78.5 Å². The highest BCUT2D eigenvalue weighted by atomic mass is 19.1. The molecule has 0 aliphatic heterocycles. The largest absolute Gasteiger partial charge is 0.368 e. The molecule has 1 N–H and O–H groups in total. The van der Waals surface area contributed by atoms with Crippen LogP contribution >= 0.6 is 0 Å². The molecule has 5 nitrogen and oxygen atoms in total. The minimum atomic E-state index is -0.178. The van der Waals surface area contributed by atoms with Crippen LogP contribution in [0.5, 0.6) is 0 Å². The molecule has 0 spiro atoms. The van der Waals surface area contributed by atoms with Crippen LogP contribution in [0.25, 0.3) is 16.9 Å². The molecule has 25 heavy (non-hydrogen) atoms. The van der Waals surface area contributed by atoms with Crippen LogP contribution in [0.1, 0.15) is 5.56 Å². The summed E-state index contributed by atoms with van der Waals surface area (Å²) in [5, 5.41) is 7.84. The lowest BCUT2D eigenvalue weighted by molar-refractivity contribution is 0.610. The Morgan fingerprint density at radius 2 is 1.84 bits per heavy atom. The number of fused-ring (bicyclic) bond motifs is 1. The average molecular weight is 333 g/mol. The van der Waals surface area contributed by atoms with E-state index in [1.807, 2.05) is 30.3 Å². The van der Waals surface area contributed by atoms with E-state index in [0.717, 1.165) is 22.7 Å². The molecule has 1 aromatic carbocycles. The van der Waals surface area contributed by atoms with Gasteiger partial charge in [-0.25, -0.2) is 13.9 Å². The number of aromatic nitrogens is 4. The zero-order chi connectivity index (χ0) is 17.1. The van der Waals surface area contributed by atoms with Crippen molar-refractivity contribution in [3.63, 3.8) is 0 Å². The second kappa shape index (κ2) is 6.68. The van der Waals surface area contributed by atoms with Gasteiger partial charge in [0.05, 0.1) is 11.9 Å². The van der Waals surface area contributed by atoms with Crippen molar-refractivity contribution in [2.45, 2.75) is 6.42 Å². The number of nitrogens with zero attached hydrogens (tertiary/aromatic N) is 4. The van der Waals surface area contributed by atoms with E-state index in [-0.39, 0.29) is 5.82 Å². The number of hydrogen-bond acceptors (Lipinski definition) is 4. The van der Waals surface area contributed by atoms with Gasteiger partial charge in [-0.15, -0.1) is 5.10 Å². The number of imidazole rings is 1. The molecular formula is C19H16FN5. The van der Waals surface area contributed by atoms with E-state index >= 15 is 0 Å². The Kier molecular flexibility index (Phi) is 4.08. The van der Waals surface area contributed by atoms with Crippen LogP contribution in [0.15, 0.2) is 67.1 Å². The van der Waals surface area contributed by atoms with Crippen molar-refractivity contribution in [2.75, 3.05) is 11.9 Å². The van der Waals surface area contributed by atoms with Gasteiger partial charge in [0.2, 0.25) is 0 Å². The molecule has 0 fully saturated rings. The first-order valence-electron chi connectivity index (χ1n) is 8.04. The van der Waals surface area contributed by atoms with E-state index in [0.29, 0.717) is 18.5 Å². The topological polar surface area (TPSA) is 55.1 Å². The van der Waals surface area contributed by atoms with Crippen LogP contribution in [-0.4, -0.2) is 26.1 Å². The molecule has 6 heteroatoms. The van der Waals surface area contributed by atoms with Gasteiger partial charge in [-0.2, -0.15) is 0 Å². The fourth-order valence-electron chi connectivity index (χ4n) is 2.71. The Morgan fingerprint density at radius 1 is 1.00 bits per heavy atom. The molecule has 0 saturated carbocycles. The third-order valence-corrected chi connectivity index (χ3v) is 4.00. The fraction of sp³-hybridized carbons (Fsp3) is 0.105. The second-order valence-electron chi connectivity index (χ2n) is 5.64. The molecule has 0 atom stereocenters. The van der Waals surface area contributed by atoms with E-state index in [1.54, 1.807) is 35.2 Å². The molecule has 124 valence electrons. The smallest absolute Gasteiger partial charge is 0.154 e. The summed E-state index contributed by atoms with van der Waals surface area (Å²) >= 11 is 0. The zero-order valence-electron chi connectivity index (χ0n) is 13.4. The van der Waals surface area contributed by atoms with Gasteiger partial charge in [0.15, 0.2) is 5.65 Å². The van der Waals surface area contributed by atoms with Gasteiger partial charge in [-0.05, 0) is 42.3 Å². The van der Waals surface area contributed by atoms with Crippen LogP contribution in [-0.2, 0) is 6.42 Å². The Hall–Kier alpha value is -3.28. The lowest BCUT2D eigenvalue weighted by atomic mass is 10.1. The summed E-state index contributed by atoms with van der Waals surface area (Å²) in [5.41, 5.74) is 3.36. The summed E-state index contributed by atoms with van der Waals surface area (Å²) < 4.78 is 15.5. The van der Waals surface area contributed by atoms with Crippen molar-refractivity contribution < 1.29 is 4.39 Å². The molecule has 0 saturated heterocycles. The molecule has 0 bridgehead atoms. The Labute approximate surface area is 144 Å². The van der Waals surface area contributed by atoms with Crippen molar-refractivity contribution in [1.29, 1.82) is 0 Å². The first-order chi connectivity index (χ1) is 12.3. The summed E-state index contributed by atoms with van der Waals surface area (Å²) in [6.45, 7) is 0.596. The van der Waals surface area contributed by atoms with Gasteiger partial charge in [-0.3, -0.25) is 4.98 Å². The normalized spacial score (nSPS) is 10.9. The molecule has 0 radical (unpaired) electrons. The number of nitrogens with one attached hydrogen (secondary N) is 1. The van der Waals surface area contributed by atoms with Gasteiger partial charge < -0.3 is 5.32 Å². The third-order valence-electron chi connectivity index (χ3n) is 4.00. The van der Waals surface area contributed by atoms with E-state index in [9.17, 15) is 4.39 Å². The number of pyridine rings is 1. The van der Waals surface area contributed by atoms with Crippen LogP contribution in [0.3, 0.4) is 0 Å². The van der Waals surface area contributed by atoms with E-state index < -0.39 is 0 Å². The quantitative estimate of drug-likeness (QED) is 0.606. The Bertz CT molecular complexity index is 997. The van der Waals surface area contributed by atoms with Crippen molar-refractivity contribution in [2.24, 2.45) is 0 Å². The monoisotopic (exact) mass is 333 g/mol. The second-order valence-corrected chi connectivity index (χ2v) is 5.64. The lowest BCUT2D eigenvalue weighted by Crippen LogP contribution is -2.09. The molecular weight excluding hydrogens is 317 g/mol. The van der Waals surface area contributed by atoms with Crippen LogP contribution < -0.4 is 5.32 Å². The third kappa shape index (κ3) is 3.19. The summed E-state index contributed by atoms with van der Waals surface area (Å²) in [4.78, 5) is 8.41. The molecule has 0 aliphatic carbocycles. The highest BCUT2D eigenvalue weighted by Crippen LogP contribution is 2.20. The van der Waals surface area contributed by atoms with Crippen molar-refractivity contribution in [1.82, 2.24) is 19.6 Å². The van der Waals surface area contributed by atoms with Crippen LogP contribution in [0.4, 0.5) is 10.2 Å². The maximum atomic E-state index is 13.7. The van der Waals surface area contributed by atoms with E-state index in [2.05, 4.69) is 20.4 Å². The van der Waals surface area contributed by atoms with E-state index in [4.69, 9.17) is 0 Å². The standard InChI is InChI=1S/C19H16FN5/c20-16-4-2-1-3-14(16)9-12-22-18-5-6-19-23-13-17(25(19)24-18)15-7-10-21-11-8-15/h1-8,10-11,13H,9,12H2,(H,22,24). The minimum Gasteiger partial charge on any atom is -0.368 e. The molecule has 0 aliphatic rings. The predicted octanol–water partition coefficient (Wildman–Crippen LogP) is 3.59. The first-order valence-corrected chi connectivity index (χ1v) is 8.04. The first kappa shape index (κ1) is 15.3. The molecule has 4 aromatic rings. The Morgan fingerprint density at radius 3 is 2.68 bits per heavy atom. The zero-order valence-corrected chi connectivity index (χ0v) is 13.4. The molecule has 0 amide bonds. The minimum absolute atomic E-state index is 0.178. The van der Waals surface area contributed by atoms with E-state index in [1.165, 1.54) is 6.07 Å². The number of hydrogen-bond donors (Lipinski definition) is 1. The van der Waals surface area contributed by atoms with Gasteiger partial charge >= 0.3 is 0 Å². The Balaban J connectivity index is 1.54. The summed E-state index contributed by atoms with van der Waals surface area (Å²) in [6, 6.07) is 14.4. The van der Waals surface area contributed by atoms with Gasteiger partial charge in [0.25, 0.3) is 0 Å². The highest BCUT2D eigenvalue weighted by molar-refractivity contribution is 5.63. The lowest BCUT2D eigenvalue weighted by Gasteiger charge is -2.08. The van der Waals surface area contributed by atoms with Crippen LogP contribution in [0.2, 0.25) is 0 Å². The van der Waals surface area contributed by atoms with Gasteiger partial charge in [-0.1, -0.05) is 18.2 Å². The molecule has 3 heterocycles. The molecule has 0 unspecified atom stereocenters. The number of benzene rings is 1. The number of rotatable bonds is 5. The van der Waals surface area contributed by atoms with Crippen molar-refractivity contribution >= 4 is 11.5 Å². The summed E-state index contributed by atoms with van der Waals surface area (Å²) in [6.07, 6.45) is 5.87. The summed E-state index contributed by atoms with van der Waals surface area (Å²) in [7, 11) is 0. The predicted molar refractivity (Wildman–Crippen MR) is 94.8 cm³/mol. The van der Waals surface area contributed by atoms with Crippen LogP contribution in [0, 0.1) is 5.82 Å². The number of halogens is 1. The summed E-state index contributed by atoms with van der Waals surface area (Å²) in [5.74, 6) is 0.541. The highest BCUT2D eigenvalue weighted by Gasteiger charge is 2.08. The maximum Gasteiger partial charge on any atom is 0.154 e. The maximum absolute atomic E-state index is 13.7. The average Bonchev–Trinajstić information content (AvgIpc) is 3.07. The van der Waals surface area contributed by atoms with Crippen molar-refractivity contribution in [3.8, 4) is 11.3 Å². The number of anilines is 1. The molecule has 4 rings (SSSR count). The fourth-order valence-corrected chi connectivity index (χ4v) is 2.71. The van der Waals surface area contributed by atoms with Gasteiger partial charge in [0.1, 0.15) is 11.6 Å².